The Morgan fingerprint density at radius 1 is 1.33 bits per heavy atom. The summed E-state index contributed by atoms with van der Waals surface area (Å²) < 4.78 is 5.40. The maximum absolute atomic E-state index is 9.74. The first kappa shape index (κ1) is 13.7. The molecule has 0 aliphatic heterocycles. The van der Waals surface area contributed by atoms with Gasteiger partial charge in [-0.25, -0.2) is 0 Å². The zero-order valence-corrected chi connectivity index (χ0v) is 11.6. The first-order chi connectivity index (χ1) is 8.76. The standard InChI is InChI=1S/C15H21ClO2/c1-18-15-8-7-12(16)9-13(15)14(10-17)11-5-3-2-4-6-11/h7-9,11,14,17H,2-6,10H2,1H3. The van der Waals surface area contributed by atoms with Crippen LogP contribution in [0.5, 0.6) is 5.75 Å². The molecule has 0 aromatic heterocycles. The molecule has 2 nitrogen and oxygen atoms in total. The predicted octanol–water partition coefficient (Wildman–Crippen LogP) is 4.00. The molecule has 0 saturated heterocycles. The Kier molecular flexibility index (Phi) is 4.90. The van der Waals surface area contributed by atoms with Gasteiger partial charge in [-0.2, -0.15) is 0 Å². The maximum atomic E-state index is 9.74. The fourth-order valence-electron chi connectivity index (χ4n) is 3.03. The highest BCUT2D eigenvalue weighted by molar-refractivity contribution is 6.30. The molecule has 0 amide bonds. The Hall–Kier alpha value is -0.730. The van der Waals surface area contributed by atoms with Crippen molar-refractivity contribution in [2.24, 2.45) is 5.92 Å². The Labute approximate surface area is 114 Å². The molecule has 1 fully saturated rings. The molecule has 1 aliphatic carbocycles. The second-order valence-electron chi connectivity index (χ2n) is 5.07. The van der Waals surface area contributed by atoms with Gasteiger partial charge in [0.15, 0.2) is 0 Å². The first-order valence-corrected chi connectivity index (χ1v) is 7.08. The van der Waals surface area contributed by atoms with Crippen molar-refractivity contribution in [3.8, 4) is 5.75 Å². The number of aliphatic hydroxyl groups excluding tert-OH is 1. The minimum absolute atomic E-state index is 0.152. The van der Waals surface area contributed by atoms with Crippen LogP contribution in [-0.2, 0) is 0 Å². The molecule has 18 heavy (non-hydrogen) atoms. The van der Waals surface area contributed by atoms with Crippen molar-refractivity contribution in [2.75, 3.05) is 13.7 Å². The van der Waals surface area contributed by atoms with Crippen molar-refractivity contribution in [1.82, 2.24) is 0 Å². The number of benzene rings is 1. The van der Waals surface area contributed by atoms with Crippen molar-refractivity contribution in [1.29, 1.82) is 0 Å². The third kappa shape index (κ3) is 2.99. The van der Waals surface area contributed by atoms with Gasteiger partial charge in [0.25, 0.3) is 0 Å². The molecule has 1 unspecified atom stereocenters. The van der Waals surface area contributed by atoms with Crippen LogP contribution in [0.4, 0.5) is 0 Å². The van der Waals surface area contributed by atoms with Crippen LogP contribution >= 0.6 is 11.6 Å². The van der Waals surface area contributed by atoms with Crippen LogP contribution in [0, 0.1) is 5.92 Å². The van der Waals surface area contributed by atoms with E-state index in [1.54, 1.807) is 7.11 Å². The predicted molar refractivity (Wildman–Crippen MR) is 74.4 cm³/mol. The lowest BCUT2D eigenvalue weighted by atomic mass is 9.77. The first-order valence-electron chi connectivity index (χ1n) is 6.70. The SMILES string of the molecule is COc1ccc(Cl)cc1C(CO)C1CCCCC1. The number of hydrogen-bond donors (Lipinski definition) is 1. The van der Waals surface area contributed by atoms with Crippen LogP contribution in [-0.4, -0.2) is 18.8 Å². The highest BCUT2D eigenvalue weighted by atomic mass is 35.5. The number of halogens is 1. The Morgan fingerprint density at radius 2 is 2.06 bits per heavy atom. The molecule has 1 atom stereocenters. The summed E-state index contributed by atoms with van der Waals surface area (Å²) in [6, 6.07) is 5.66. The molecule has 0 spiro atoms. The van der Waals surface area contributed by atoms with E-state index in [-0.39, 0.29) is 12.5 Å². The summed E-state index contributed by atoms with van der Waals surface area (Å²) in [5.74, 6) is 1.54. The Balaban J connectivity index is 2.27. The highest BCUT2D eigenvalue weighted by Gasteiger charge is 2.26. The van der Waals surface area contributed by atoms with E-state index in [1.165, 1.54) is 32.1 Å². The monoisotopic (exact) mass is 268 g/mol. The lowest BCUT2D eigenvalue weighted by Crippen LogP contribution is -2.20. The maximum Gasteiger partial charge on any atom is 0.122 e. The van der Waals surface area contributed by atoms with Gasteiger partial charge in [-0.05, 0) is 37.0 Å². The number of hydrogen-bond acceptors (Lipinski definition) is 2. The van der Waals surface area contributed by atoms with Gasteiger partial charge in [0.05, 0.1) is 13.7 Å². The second-order valence-corrected chi connectivity index (χ2v) is 5.51. The molecule has 1 saturated carbocycles. The molecule has 0 heterocycles. The molecule has 1 aromatic carbocycles. The van der Waals surface area contributed by atoms with Crippen LogP contribution < -0.4 is 4.74 Å². The summed E-state index contributed by atoms with van der Waals surface area (Å²) in [6.45, 7) is 0.168. The van der Waals surface area contributed by atoms with Gasteiger partial charge < -0.3 is 9.84 Å². The van der Waals surface area contributed by atoms with Crippen LogP contribution in [0.25, 0.3) is 0 Å². The van der Waals surface area contributed by atoms with Gasteiger partial charge in [0.1, 0.15) is 5.75 Å². The topological polar surface area (TPSA) is 29.5 Å². The molecule has 0 bridgehead atoms. The summed E-state index contributed by atoms with van der Waals surface area (Å²) >= 11 is 6.08. The molecule has 2 rings (SSSR count). The Bertz CT molecular complexity index is 386. The van der Waals surface area contributed by atoms with E-state index in [4.69, 9.17) is 16.3 Å². The zero-order valence-electron chi connectivity index (χ0n) is 10.9. The van der Waals surface area contributed by atoms with E-state index in [1.807, 2.05) is 18.2 Å². The average molecular weight is 269 g/mol. The molecule has 1 aliphatic rings. The number of rotatable bonds is 4. The minimum atomic E-state index is 0.152. The van der Waals surface area contributed by atoms with Gasteiger partial charge in [0, 0.05) is 16.5 Å². The van der Waals surface area contributed by atoms with Gasteiger partial charge in [-0.3, -0.25) is 0 Å². The summed E-state index contributed by atoms with van der Waals surface area (Å²) in [7, 11) is 1.67. The molecule has 3 heteroatoms. The lowest BCUT2D eigenvalue weighted by molar-refractivity contribution is 0.193. The van der Waals surface area contributed by atoms with E-state index in [2.05, 4.69) is 0 Å². The summed E-state index contributed by atoms with van der Waals surface area (Å²) in [6.07, 6.45) is 6.25. The van der Waals surface area contributed by atoms with Gasteiger partial charge >= 0.3 is 0 Å². The highest BCUT2D eigenvalue weighted by Crippen LogP contribution is 2.40. The lowest BCUT2D eigenvalue weighted by Gasteiger charge is -2.30. The fraction of sp³-hybridized carbons (Fsp3) is 0.600. The normalized spacial score (nSPS) is 18.6. The van der Waals surface area contributed by atoms with E-state index in [9.17, 15) is 5.11 Å². The summed E-state index contributed by atoms with van der Waals surface area (Å²) in [4.78, 5) is 0. The van der Waals surface area contributed by atoms with Gasteiger partial charge in [-0.15, -0.1) is 0 Å². The van der Waals surface area contributed by atoms with E-state index in [0.29, 0.717) is 10.9 Å². The smallest absolute Gasteiger partial charge is 0.122 e. The molecular weight excluding hydrogens is 248 g/mol. The molecule has 1 N–H and O–H groups in total. The van der Waals surface area contributed by atoms with E-state index >= 15 is 0 Å². The molecular formula is C15H21ClO2. The second kappa shape index (κ2) is 6.44. The summed E-state index contributed by atoms with van der Waals surface area (Å²) in [5.41, 5.74) is 1.06. The van der Waals surface area contributed by atoms with Crippen molar-refractivity contribution in [2.45, 2.75) is 38.0 Å². The number of ether oxygens (including phenoxy) is 1. The molecule has 0 radical (unpaired) electrons. The average Bonchev–Trinajstić information content (AvgIpc) is 2.41. The van der Waals surface area contributed by atoms with Crippen molar-refractivity contribution in [3.05, 3.63) is 28.8 Å². The van der Waals surface area contributed by atoms with Crippen LogP contribution in [0.15, 0.2) is 18.2 Å². The molecule has 100 valence electrons. The fourth-order valence-corrected chi connectivity index (χ4v) is 3.21. The van der Waals surface area contributed by atoms with Crippen LogP contribution in [0.1, 0.15) is 43.6 Å². The quantitative estimate of drug-likeness (QED) is 0.894. The largest absolute Gasteiger partial charge is 0.496 e. The van der Waals surface area contributed by atoms with Crippen molar-refractivity contribution >= 4 is 11.6 Å². The van der Waals surface area contributed by atoms with Crippen molar-refractivity contribution in [3.63, 3.8) is 0 Å². The number of methoxy groups -OCH3 is 1. The van der Waals surface area contributed by atoms with Crippen LogP contribution in [0.3, 0.4) is 0 Å². The van der Waals surface area contributed by atoms with Gasteiger partial charge in [-0.1, -0.05) is 30.9 Å². The zero-order chi connectivity index (χ0) is 13.0. The Morgan fingerprint density at radius 3 is 2.67 bits per heavy atom. The van der Waals surface area contributed by atoms with E-state index in [0.717, 1.165) is 11.3 Å². The van der Waals surface area contributed by atoms with E-state index < -0.39 is 0 Å². The third-order valence-corrected chi connectivity index (χ3v) is 4.24. The van der Waals surface area contributed by atoms with Gasteiger partial charge in [0.2, 0.25) is 0 Å². The summed E-state index contributed by atoms with van der Waals surface area (Å²) in [5, 5.41) is 10.5. The number of aliphatic hydroxyl groups is 1. The van der Waals surface area contributed by atoms with Crippen LogP contribution in [0.2, 0.25) is 5.02 Å². The van der Waals surface area contributed by atoms with Crippen molar-refractivity contribution < 1.29 is 9.84 Å². The molecule has 1 aromatic rings. The third-order valence-electron chi connectivity index (χ3n) is 4.01. The minimum Gasteiger partial charge on any atom is -0.496 e.